The molecule has 0 saturated carbocycles. The van der Waals surface area contributed by atoms with Crippen molar-refractivity contribution >= 4 is 22.6 Å². The third-order valence-corrected chi connectivity index (χ3v) is 5.23. The summed E-state index contributed by atoms with van der Waals surface area (Å²) >= 11 is 0. The number of ether oxygens (including phenoxy) is 1. The molecule has 0 saturated heterocycles. The number of imidazole rings is 1. The van der Waals surface area contributed by atoms with Crippen LogP contribution < -0.4 is 4.90 Å². The number of benzene rings is 2. The molecule has 1 atom stereocenters. The molecular formula is C23H29N3O3. The highest BCUT2D eigenvalue weighted by molar-refractivity contribution is 5.96. The maximum absolute atomic E-state index is 13.6. The van der Waals surface area contributed by atoms with Crippen LogP contribution in [0.5, 0.6) is 0 Å². The molecule has 0 bridgehead atoms. The summed E-state index contributed by atoms with van der Waals surface area (Å²) in [5.74, 6) is 0.427. The summed E-state index contributed by atoms with van der Waals surface area (Å²) in [4.78, 5) is 19.9. The summed E-state index contributed by atoms with van der Waals surface area (Å²) in [6.07, 6.45) is 0.830. The van der Waals surface area contributed by atoms with E-state index in [4.69, 9.17) is 4.74 Å². The van der Waals surface area contributed by atoms with Gasteiger partial charge in [0.05, 0.1) is 29.4 Å². The van der Waals surface area contributed by atoms with Crippen LogP contribution >= 0.6 is 0 Å². The molecule has 1 heterocycles. The fraction of sp³-hybridized carbons (Fsp3) is 0.391. The van der Waals surface area contributed by atoms with Crippen molar-refractivity contribution in [2.24, 2.45) is 0 Å². The van der Waals surface area contributed by atoms with Gasteiger partial charge in [-0.2, -0.15) is 0 Å². The molecule has 29 heavy (non-hydrogen) atoms. The molecule has 0 aliphatic carbocycles. The Hall–Kier alpha value is -2.70. The van der Waals surface area contributed by atoms with Gasteiger partial charge in [-0.05, 0) is 43.5 Å². The number of hydrogen-bond donors (Lipinski definition) is 1. The molecule has 1 N–H and O–H groups in total. The Labute approximate surface area is 171 Å². The van der Waals surface area contributed by atoms with Crippen LogP contribution in [0.3, 0.4) is 0 Å². The lowest BCUT2D eigenvalue weighted by Gasteiger charge is -2.32. The number of hydrogen-bond acceptors (Lipinski definition) is 4. The van der Waals surface area contributed by atoms with Crippen molar-refractivity contribution in [2.45, 2.75) is 46.4 Å². The first-order chi connectivity index (χ1) is 14.0. The summed E-state index contributed by atoms with van der Waals surface area (Å²) in [5, 5.41) is 9.78. The van der Waals surface area contributed by atoms with Crippen molar-refractivity contribution in [1.82, 2.24) is 9.55 Å². The van der Waals surface area contributed by atoms with E-state index in [1.54, 1.807) is 11.7 Å². The minimum Gasteiger partial charge on any atom is -0.388 e. The predicted molar refractivity (Wildman–Crippen MR) is 115 cm³/mol. The molecule has 6 heteroatoms. The lowest BCUT2D eigenvalue weighted by molar-refractivity contribution is -0.119. The number of methoxy groups -OCH3 is 1. The van der Waals surface area contributed by atoms with Gasteiger partial charge in [-0.15, -0.1) is 0 Å². The van der Waals surface area contributed by atoms with Gasteiger partial charge in [-0.3, -0.25) is 4.79 Å². The van der Waals surface area contributed by atoms with E-state index < -0.39 is 0 Å². The van der Waals surface area contributed by atoms with Gasteiger partial charge >= 0.3 is 0 Å². The van der Waals surface area contributed by atoms with Crippen LogP contribution in [0.1, 0.15) is 30.8 Å². The largest absolute Gasteiger partial charge is 0.388 e. The molecule has 154 valence electrons. The number of anilines is 1. The summed E-state index contributed by atoms with van der Waals surface area (Å²) in [6, 6.07) is 13.6. The van der Waals surface area contributed by atoms with Gasteiger partial charge in [0.25, 0.3) is 0 Å². The SMILES string of the molecule is CCc1cccc(C)c1N(C(=O)Cn1c(CO)nc2ccccc21)[C@H](C)COC. The normalized spacial score (nSPS) is 12.3. The molecule has 1 amide bonds. The molecule has 3 aromatic rings. The summed E-state index contributed by atoms with van der Waals surface area (Å²) < 4.78 is 7.17. The fourth-order valence-electron chi connectivity index (χ4n) is 3.89. The number of nitrogens with zero attached hydrogens (tertiary/aromatic N) is 3. The Balaban J connectivity index is 2.06. The number of carbonyl (C=O) groups is 1. The minimum atomic E-state index is -0.222. The van der Waals surface area contributed by atoms with Crippen LogP contribution in [0, 0.1) is 6.92 Å². The average Bonchev–Trinajstić information content (AvgIpc) is 3.07. The summed E-state index contributed by atoms with van der Waals surface area (Å²) in [5.41, 5.74) is 4.73. The number of carbonyl (C=O) groups excluding carboxylic acids is 1. The van der Waals surface area contributed by atoms with E-state index in [0.717, 1.165) is 34.3 Å². The first-order valence-corrected chi connectivity index (χ1v) is 9.96. The zero-order chi connectivity index (χ0) is 21.0. The van der Waals surface area contributed by atoms with Crippen LogP contribution in [-0.2, 0) is 29.1 Å². The summed E-state index contributed by atoms with van der Waals surface area (Å²) in [6.45, 7) is 6.42. The number of amides is 1. The van der Waals surface area contributed by atoms with Crippen molar-refractivity contribution in [3.05, 3.63) is 59.4 Å². The zero-order valence-corrected chi connectivity index (χ0v) is 17.6. The van der Waals surface area contributed by atoms with Gasteiger partial charge in [-0.1, -0.05) is 37.3 Å². The highest BCUT2D eigenvalue weighted by atomic mass is 16.5. The number of rotatable bonds is 8. The van der Waals surface area contributed by atoms with Crippen LogP contribution in [0.2, 0.25) is 0 Å². The van der Waals surface area contributed by atoms with Gasteiger partial charge in [0.15, 0.2) is 0 Å². The number of aryl methyl sites for hydroxylation is 2. The second-order valence-electron chi connectivity index (χ2n) is 7.27. The Kier molecular flexibility index (Phi) is 6.67. The molecule has 0 fully saturated rings. The fourth-order valence-corrected chi connectivity index (χ4v) is 3.89. The monoisotopic (exact) mass is 395 g/mol. The molecule has 0 radical (unpaired) electrons. The molecule has 6 nitrogen and oxygen atoms in total. The number of aliphatic hydroxyl groups excluding tert-OH is 1. The number of fused-ring (bicyclic) bond motifs is 1. The van der Waals surface area contributed by atoms with Gasteiger partial charge in [0.2, 0.25) is 5.91 Å². The van der Waals surface area contributed by atoms with Crippen molar-refractivity contribution in [1.29, 1.82) is 0 Å². The van der Waals surface area contributed by atoms with Crippen LogP contribution in [0.15, 0.2) is 42.5 Å². The molecule has 0 spiro atoms. The van der Waals surface area contributed by atoms with Crippen LogP contribution in [-0.4, -0.2) is 40.3 Å². The minimum absolute atomic E-state index is 0.0589. The van der Waals surface area contributed by atoms with Gasteiger partial charge < -0.3 is 19.3 Å². The van der Waals surface area contributed by atoms with Crippen molar-refractivity contribution in [3.63, 3.8) is 0 Å². The van der Waals surface area contributed by atoms with Crippen molar-refractivity contribution in [3.8, 4) is 0 Å². The molecule has 0 aliphatic heterocycles. The molecule has 1 aromatic heterocycles. The number of para-hydroxylation sites is 3. The second kappa shape index (κ2) is 9.20. The van der Waals surface area contributed by atoms with E-state index in [9.17, 15) is 9.90 Å². The van der Waals surface area contributed by atoms with E-state index in [1.807, 2.05) is 55.1 Å². The van der Waals surface area contributed by atoms with E-state index >= 15 is 0 Å². The van der Waals surface area contributed by atoms with Gasteiger partial charge in [0.1, 0.15) is 19.0 Å². The highest BCUT2D eigenvalue weighted by Crippen LogP contribution is 2.29. The maximum atomic E-state index is 13.6. The van der Waals surface area contributed by atoms with Gasteiger partial charge in [-0.25, -0.2) is 4.98 Å². The first-order valence-electron chi connectivity index (χ1n) is 9.96. The Bertz CT molecular complexity index is 996. The van der Waals surface area contributed by atoms with E-state index in [0.29, 0.717) is 12.4 Å². The average molecular weight is 396 g/mol. The van der Waals surface area contributed by atoms with Gasteiger partial charge in [0, 0.05) is 7.11 Å². The molecule has 3 rings (SSSR count). The van der Waals surface area contributed by atoms with E-state index in [1.165, 1.54) is 0 Å². The van der Waals surface area contributed by atoms with Crippen molar-refractivity contribution in [2.75, 3.05) is 18.6 Å². The summed E-state index contributed by atoms with van der Waals surface area (Å²) in [7, 11) is 1.64. The lowest BCUT2D eigenvalue weighted by atomic mass is 10.0. The molecular weight excluding hydrogens is 366 g/mol. The topological polar surface area (TPSA) is 67.6 Å². The Morgan fingerprint density at radius 1 is 1.24 bits per heavy atom. The maximum Gasteiger partial charge on any atom is 0.247 e. The third kappa shape index (κ3) is 4.18. The second-order valence-corrected chi connectivity index (χ2v) is 7.27. The molecule has 2 aromatic carbocycles. The predicted octanol–water partition coefficient (Wildman–Crippen LogP) is 3.47. The standard InChI is InChI=1S/C23H29N3O3/c1-5-18-10-8-9-16(2)23(18)26(17(3)15-29-4)22(28)13-25-20-12-7-6-11-19(20)24-21(25)14-27/h6-12,17,27H,5,13-15H2,1-4H3/t17-/m1/s1. The quantitative estimate of drug-likeness (QED) is 0.634. The Morgan fingerprint density at radius 2 is 2.00 bits per heavy atom. The highest BCUT2D eigenvalue weighted by Gasteiger charge is 2.26. The van der Waals surface area contributed by atoms with Crippen LogP contribution in [0.4, 0.5) is 5.69 Å². The molecule has 0 unspecified atom stereocenters. The zero-order valence-electron chi connectivity index (χ0n) is 17.6. The number of aliphatic hydroxyl groups is 1. The van der Waals surface area contributed by atoms with E-state index in [2.05, 4.69) is 18.0 Å². The smallest absolute Gasteiger partial charge is 0.247 e. The third-order valence-electron chi connectivity index (χ3n) is 5.23. The molecule has 0 aliphatic rings. The lowest BCUT2D eigenvalue weighted by Crippen LogP contribution is -2.44. The van der Waals surface area contributed by atoms with Crippen LogP contribution in [0.25, 0.3) is 11.0 Å². The van der Waals surface area contributed by atoms with E-state index in [-0.39, 0.29) is 25.1 Å². The number of aromatic nitrogens is 2. The Morgan fingerprint density at radius 3 is 2.69 bits per heavy atom. The first kappa shape index (κ1) is 21.0. The van der Waals surface area contributed by atoms with Crippen molar-refractivity contribution < 1.29 is 14.6 Å².